The van der Waals surface area contributed by atoms with Crippen molar-refractivity contribution < 1.29 is 17.9 Å². The normalized spacial score (nSPS) is 12.8. The average molecular weight is 433 g/mol. The monoisotopic (exact) mass is 432 g/mol. The number of benzene rings is 2. The Bertz CT molecular complexity index is 982. The Morgan fingerprint density at radius 2 is 1.73 bits per heavy atom. The summed E-state index contributed by atoms with van der Waals surface area (Å²) in [5, 5.41) is 2.97. The van der Waals surface area contributed by atoms with Crippen LogP contribution in [0.25, 0.3) is 0 Å². The molecule has 0 saturated heterocycles. The number of amides is 1. The summed E-state index contributed by atoms with van der Waals surface area (Å²) in [4.78, 5) is 13.1. The molecule has 7 heteroatoms. The summed E-state index contributed by atoms with van der Waals surface area (Å²) < 4.78 is 32.8. The molecular weight excluding hydrogens is 400 g/mol. The second kappa shape index (κ2) is 10.1. The zero-order valence-electron chi connectivity index (χ0n) is 18.6. The average Bonchev–Trinajstić information content (AvgIpc) is 2.68. The molecule has 6 nitrogen and oxygen atoms in total. The fourth-order valence-corrected chi connectivity index (χ4v) is 4.69. The van der Waals surface area contributed by atoms with Crippen molar-refractivity contribution in [2.24, 2.45) is 0 Å². The number of hydrogen-bond acceptors (Lipinski definition) is 4. The molecule has 0 heterocycles. The molecule has 2 aromatic rings. The van der Waals surface area contributed by atoms with Crippen LogP contribution in [-0.2, 0) is 10.0 Å². The summed E-state index contributed by atoms with van der Waals surface area (Å²) in [6, 6.07) is 12.0. The van der Waals surface area contributed by atoms with Gasteiger partial charge in [-0.3, -0.25) is 4.79 Å². The zero-order valence-corrected chi connectivity index (χ0v) is 19.4. The highest BCUT2D eigenvalue weighted by Crippen LogP contribution is 2.23. The summed E-state index contributed by atoms with van der Waals surface area (Å²) in [6.45, 7) is 11.9. The van der Waals surface area contributed by atoms with E-state index in [1.165, 1.54) is 10.4 Å². The third-order valence-corrected chi connectivity index (χ3v) is 6.92. The lowest BCUT2D eigenvalue weighted by Gasteiger charge is -2.20. The third-order valence-electron chi connectivity index (χ3n) is 4.87. The molecular formula is C23H32N2O4S. The Morgan fingerprint density at radius 3 is 2.33 bits per heavy atom. The maximum absolute atomic E-state index is 12.9. The summed E-state index contributed by atoms with van der Waals surface area (Å²) in [5.41, 5.74) is 1.98. The fraction of sp³-hybridized carbons (Fsp3) is 0.435. The molecule has 0 spiro atoms. The Hall–Kier alpha value is -2.38. The maximum atomic E-state index is 12.9. The number of aryl methyl sites for hydroxylation is 1. The number of nitrogens with zero attached hydrogens (tertiary/aromatic N) is 1. The van der Waals surface area contributed by atoms with Gasteiger partial charge in [0.05, 0.1) is 17.0 Å². The Balaban J connectivity index is 2.27. The number of rotatable bonds is 9. The molecule has 164 valence electrons. The molecule has 2 aromatic carbocycles. The number of hydrogen-bond donors (Lipinski definition) is 1. The minimum Gasteiger partial charge on any atom is -0.491 e. The Morgan fingerprint density at radius 1 is 1.07 bits per heavy atom. The molecule has 0 fully saturated rings. The molecule has 0 bridgehead atoms. The molecule has 0 aromatic heterocycles. The van der Waals surface area contributed by atoms with Gasteiger partial charge in [0.1, 0.15) is 5.75 Å². The smallest absolute Gasteiger partial charge is 0.252 e. The van der Waals surface area contributed by atoms with Gasteiger partial charge in [0.15, 0.2) is 0 Å². The van der Waals surface area contributed by atoms with E-state index in [0.717, 1.165) is 16.9 Å². The van der Waals surface area contributed by atoms with Crippen molar-refractivity contribution >= 4 is 15.9 Å². The highest BCUT2D eigenvalue weighted by molar-refractivity contribution is 7.89. The predicted octanol–water partition coefficient (Wildman–Crippen LogP) is 4.30. The van der Waals surface area contributed by atoms with Crippen molar-refractivity contribution in [2.75, 3.05) is 13.1 Å². The van der Waals surface area contributed by atoms with Crippen LogP contribution < -0.4 is 10.1 Å². The zero-order chi connectivity index (χ0) is 22.5. The molecule has 1 unspecified atom stereocenters. The van der Waals surface area contributed by atoms with E-state index in [1.807, 2.05) is 45.0 Å². The first kappa shape index (κ1) is 23.9. The molecule has 30 heavy (non-hydrogen) atoms. The van der Waals surface area contributed by atoms with Crippen molar-refractivity contribution in [1.82, 2.24) is 9.62 Å². The van der Waals surface area contributed by atoms with Crippen molar-refractivity contribution in [3.8, 4) is 5.75 Å². The first-order valence-corrected chi connectivity index (χ1v) is 11.7. The van der Waals surface area contributed by atoms with Gasteiger partial charge < -0.3 is 10.1 Å². The van der Waals surface area contributed by atoms with Crippen molar-refractivity contribution in [3.05, 3.63) is 59.2 Å². The molecule has 1 N–H and O–H groups in total. The minimum atomic E-state index is -3.64. The summed E-state index contributed by atoms with van der Waals surface area (Å²) in [5.74, 6) is 0.430. The van der Waals surface area contributed by atoms with E-state index in [-0.39, 0.29) is 22.9 Å². The van der Waals surface area contributed by atoms with Crippen LogP contribution in [0.3, 0.4) is 0 Å². The van der Waals surface area contributed by atoms with Gasteiger partial charge in [0.25, 0.3) is 5.91 Å². The van der Waals surface area contributed by atoms with E-state index in [1.54, 1.807) is 32.9 Å². The predicted molar refractivity (Wildman–Crippen MR) is 119 cm³/mol. The van der Waals surface area contributed by atoms with Crippen LogP contribution in [0.15, 0.2) is 47.4 Å². The van der Waals surface area contributed by atoms with Crippen molar-refractivity contribution in [1.29, 1.82) is 0 Å². The van der Waals surface area contributed by atoms with Crippen LogP contribution in [0.5, 0.6) is 5.75 Å². The molecule has 0 aliphatic rings. The number of carbonyl (C=O) groups is 1. The van der Waals surface area contributed by atoms with E-state index < -0.39 is 10.0 Å². The van der Waals surface area contributed by atoms with Crippen LogP contribution >= 0.6 is 0 Å². The summed E-state index contributed by atoms with van der Waals surface area (Å²) in [6.07, 6.45) is 0.0586. The number of ether oxygens (including phenoxy) is 1. The SMILES string of the molecule is CCN(CC)S(=O)(=O)c1ccc(C)c(C(=O)NC(C)c2cccc(OC(C)C)c2)c1. The number of carbonyl (C=O) groups excluding carboxylic acids is 1. The Labute approximate surface area is 180 Å². The number of sulfonamides is 1. The molecule has 1 amide bonds. The lowest BCUT2D eigenvalue weighted by molar-refractivity contribution is 0.0939. The summed E-state index contributed by atoms with van der Waals surface area (Å²) >= 11 is 0. The molecule has 0 radical (unpaired) electrons. The molecule has 0 aliphatic carbocycles. The van der Waals surface area contributed by atoms with Gasteiger partial charge in [-0.15, -0.1) is 0 Å². The van der Waals surface area contributed by atoms with Gasteiger partial charge in [0.2, 0.25) is 10.0 Å². The maximum Gasteiger partial charge on any atom is 0.252 e. The van der Waals surface area contributed by atoms with Crippen LogP contribution in [0.1, 0.15) is 62.1 Å². The highest BCUT2D eigenvalue weighted by Gasteiger charge is 2.24. The number of nitrogens with one attached hydrogen (secondary N) is 1. The topological polar surface area (TPSA) is 75.7 Å². The van der Waals surface area contributed by atoms with Gasteiger partial charge >= 0.3 is 0 Å². The van der Waals surface area contributed by atoms with Gasteiger partial charge in [-0.2, -0.15) is 4.31 Å². The third kappa shape index (κ3) is 5.61. The van der Waals surface area contributed by atoms with Gasteiger partial charge in [-0.1, -0.05) is 32.0 Å². The molecule has 0 saturated carbocycles. The lowest BCUT2D eigenvalue weighted by atomic mass is 10.1. The van der Waals surface area contributed by atoms with Crippen molar-refractivity contribution in [2.45, 2.75) is 58.6 Å². The van der Waals surface area contributed by atoms with E-state index in [0.29, 0.717) is 18.7 Å². The first-order chi connectivity index (χ1) is 14.1. The minimum absolute atomic E-state index is 0.0586. The van der Waals surface area contributed by atoms with Crippen molar-refractivity contribution in [3.63, 3.8) is 0 Å². The standard InChI is InChI=1S/C23H32N2O4S/c1-7-25(8-2)30(27,28)21-13-12-17(5)22(15-21)23(26)24-18(6)19-10-9-11-20(14-19)29-16(3)4/h9-16,18H,7-8H2,1-6H3,(H,24,26). The molecule has 2 rings (SSSR count). The Kier molecular flexibility index (Phi) is 8.03. The van der Waals surface area contributed by atoms with E-state index in [2.05, 4.69) is 5.32 Å². The second-order valence-corrected chi connectivity index (χ2v) is 9.44. The van der Waals surface area contributed by atoms with E-state index in [4.69, 9.17) is 4.74 Å². The molecule has 1 atom stereocenters. The van der Waals surface area contributed by atoms with Gasteiger partial charge in [-0.25, -0.2) is 8.42 Å². The largest absolute Gasteiger partial charge is 0.491 e. The van der Waals surface area contributed by atoms with Crippen LogP contribution in [0.4, 0.5) is 0 Å². The van der Waals surface area contributed by atoms with Gasteiger partial charge in [-0.05, 0) is 63.1 Å². The highest BCUT2D eigenvalue weighted by atomic mass is 32.2. The van der Waals surface area contributed by atoms with Gasteiger partial charge in [0, 0.05) is 18.7 Å². The fourth-order valence-electron chi connectivity index (χ4n) is 3.21. The summed E-state index contributed by atoms with van der Waals surface area (Å²) in [7, 11) is -3.64. The van der Waals surface area contributed by atoms with Crippen LogP contribution in [-0.4, -0.2) is 37.8 Å². The second-order valence-electron chi connectivity index (χ2n) is 7.50. The van der Waals surface area contributed by atoms with E-state index >= 15 is 0 Å². The van der Waals surface area contributed by atoms with Crippen LogP contribution in [0, 0.1) is 6.92 Å². The lowest BCUT2D eigenvalue weighted by Crippen LogP contribution is -2.31. The molecule has 0 aliphatic heterocycles. The van der Waals surface area contributed by atoms with Crippen LogP contribution in [0.2, 0.25) is 0 Å². The van der Waals surface area contributed by atoms with E-state index in [9.17, 15) is 13.2 Å². The first-order valence-electron chi connectivity index (χ1n) is 10.3. The quantitative estimate of drug-likeness (QED) is 0.641.